The summed E-state index contributed by atoms with van der Waals surface area (Å²) in [7, 11) is 0. The molecule has 1 aromatic rings. The lowest BCUT2D eigenvalue weighted by Gasteiger charge is -2.37. The summed E-state index contributed by atoms with van der Waals surface area (Å²) in [5.41, 5.74) is 0.296. The van der Waals surface area contributed by atoms with Gasteiger partial charge in [0.1, 0.15) is 5.82 Å². The van der Waals surface area contributed by atoms with Gasteiger partial charge in [-0.05, 0) is 25.1 Å². The molecule has 0 spiro atoms. The molecule has 1 heterocycles. The van der Waals surface area contributed by atoms with Gasteiger partial charge in [-0.2, -0.15) is 0 Å². The van der Waals surface area contributed by atoms with Crippen LogP contribution in [0.4, 0.5) is 4.39 Å². The summed E-state index contributed by atoms with van der Waals surface area (Å²) < 4.78 is 18.5. The van der Waals surface area contributed by atoms with Crippen molar-refractivity contribution in [1.29, 1.82) is 0 Å². The van der Waals surface area contributed by atoms with Crippen LogP contribution in [0.25, 0.3) is 0 Å². The Bertz CT molecular complexity index is 484. The van der Waals surface area contributed by atoms with Crippen LogP contribution in [0.2, 0.25) is 5.02 Å². The van der Waals surface area contributed by atoms with Gasteiger partial charge in [-0.15, -0.1) is 11.6 Å². The van der Waals surface area contributed by atoms with Crippen LogP contribution in [0, 0.1) is 5.82 Å². The largest absolute Gasteiger partial charge is 0.373 e. The second kappa shape index (κ2) is 6.07. The normalized spacial score (nSPS) is 23.5. The smallest absolute Gasteiger partial charge is 0.255 e. The van der Waals surface area contributed by atoms with Crippen LogP contribution in [0.5, 0.6) is 0 Å². The third kappa shape index (κ3) is 3.19. The molecular formula is C13H14Cl2FNO2. The highest BCUT2D eigenvalue weighted by Crippen LogP contribution is 2.22. The molecule has 0 N–H and O–H groups in total. The van der Waals surface area contributed by atoms with Crippen molar-refractivity contribution in [1.82, 2.24) is 4.90 Å². The van der Waals surface area contributed by atoms with Crippen molar-refractivity contribution in [3.05, 3.63) is 34.6 Å². The molecule has 3 nitrogen and oxygen atoms in total. The first-order chi connectivity index (χ1) is 9.02. The molecule has 6 heteroatoms. The molecule has 0 bridgehead atoms. The maximum Gasteiger partial charge on any atom is 0.255 e. The number of alkyl halides is 1. The van der Waals surface area contributed by atoms with Gasteiger partial charge in [0.2, 0.25) is 0 Å². The van der Waals surface area contributed by atoms with E-state index in [0.29, 0.717) is 24.6 Å². The highest BCUT2D eigenvalue weighted by molar-refractivity contribution is 6.33. The Kier molecular flexibility index (Phi) is 4.66. The number of amides is 1. The predicted octanol–water partition coefficient (Wildman–Crippen LogP) is 2.95. The molecular weight excluding hydrogens is 292 g/mol. The second-order valence-corrected chi connectivity index (χ2v) is 5.26. The van der Waals surface area contributed by atoms with E-state index in [1.54, 1.807) is 4.90 Å². The van der Waals surface area contributed by atoms with Crippen LogP contribution in [0.15, 0.2) is 18.2 Å². The summed E-state index contributed by atoms with van der Waals surface area (Å²) in [4.78, 5) is 14.1. The monoisotopic (exact) mass is 305 g/mol. The fourth-order valence-electron chi connectivity index (χ4n) is 2.01. The summed E-state index contributed by atoms with van der Waals surface area (Å²) >= 11 is 11.7. The second-order valence-electron chi connectivity index (χ2n) is 4.54. The summed E-state index contributed by atoms with van der Waals surface area (Å²) in [6.45, 7) is 2.74. The molecule has 2 unspecified atom stereocenters. The SMILES string of the molecule is CC1COC(CCl)CN1C(=O)c1ccc(F)cc1Cl. The van der Waals surface area contributed by atoms with E-state index >= 15 is 0 Å². The molecule has 1 saturated heterocycles. The van der Waals surface area contributed by atoms with Crippen LogP contribution in [-0.4, -0.2) is 42.0 Å². The zero-order valence-electron chi connectivity index (χ0n) is 10.4. The van der Waals surface area contributed by atoms with Gasteiger partial charge in [-0.3, -0.25) is 4.79 Å². The van der Waals surface area contributed by atoms with E-state index in [2.05, 4.69) is 0 Å². The van der Waals surface area contributed by atoms with Gasteiger partial charge < -0.3 is 9.64 Å². The Hall–Kier alpha value is -0.840. The fourth-order valence-corrected chi connectivity index (χ4v) is 2.45. The molecule has 1 aliphatic rings. The van der Waals surface area contributed by atoms with Gasteiger partial charge in [0.25, 0.3) is 5.91 Å². The first-order valence-corrected chi connectivity index (χ1v) is 6.87. The van der Waals surface area contributed by atoms with Crippen molar-refractivity contribution in [2.45, 2.75) is 19.1 Å². The lowest BCUT2D eigenvalue weighted by molar-refractivity contribution is -0.0371. The molecule has 0 radical (unpaired) electrons. The maximum atomic E-state index is 13.0. The van der Waals surface area contributed by atoms with E-state index in [1.165, 1.54) is 12.1 Å². The Balaban J connectivity index is 2.22. The van der Waals surface area contributed by atoms with Gasteiger partial charge >= 0.3 is 0 Å². The van der Waals surface area contributed by atoms with Crippen LogP contribution in [0.3, 0.4) is 0 Å². The van der Waals surface area contributed by atoms with E-state index in [-0.39, 0.29) is 23.1 Å². The van der Waals surface area contributed by atoms with Crippen molar-refractivity contribution in [3.8, 4) is 0 Å². The number of carbonyl (C=O) groups is 1. The summed E-state index contributed by atoms with van der Waals surface area (Å²) in [5, 5.41) is 0.117. The van der Waals surface area contributed by atoms with E-state index in [0.717, 1.165) is 6.07 Å². The zero-order chi connectivity index (χ0) is 14.0. The predicted molar refractivity (Wildman–Crippen MR) is 72.4 cm³/mol. The minimum atomic E-state index is -0.463. The molecule has 19 heavy (non-hydrogen) atoms. The van der Waals surface area contributed by atoms with Crippen molar-refractivity contribution >= 4 is 29.1 Å². The van der Waals surface area contributed by atoms with Crippen molar-refractivity contribution in [3.63, 3.8) is 0 Å². The average Bonchev–Trinajstić information content (AvgIpc) is 2.38. The molecule has 1 amide bonds. The van der Waals surface area contributed by atoms with Gasteiger partial charge in [0, 0.05) is 6.54 Å². The Morgan fingerprint density at radius 2 is 2.32 bits per heavy atom. The maximum absolute atomic E-state index is 13.0. The number of carbonyl (C=O) groups excluding carboxylic acids is 1. The molecule has 0 aliphatic carbocycles. The molecule has 2 rings (SSSR count). The summed E-state index contributed by atoms with van der Waals surface area (Å²) in [6.07, 6.45) is -0.180. The van der Waals surface area contributed by atoms with Crippen LogP contribution < -0.4 is 0 Å². The minimum Gasteiger partial charge on any atom is -0.373 e. The van der Waals surface area contributed by atoms with E-state index < -0.39 is 5.82 Å². The van der Waals surface area contributed by atoms with Crippen molar-refractivity contribution in [2.24, 2.45) is 0 Å². The molecule has 1 aromatic carbocycles. The van der Waals surface area contributed by atoms with Crippen molar-refractivity contribution < 1.29 is 13.9 Å². The number of ether oxygens (including phenoxy) is 1. The molecule has 0 saturated carbocycles. The molecule has 0 aromatic heterocycles. The summed E-state index contributed by atoms with van der Waals surface area (Å²) in [6, 6.07) is 3.70. The highest BCUT2D eigenvalue weighted by atomic mass is 35.5. The first kappa shape index (κ1) is 14.6. The standard InChI is InChI=1S/C13H14Cl2FNO2/c1-8-7-19-10(5-14)6-17(8)13(18)11-3-2-9(16)4-12(11)15/h2-4,8,10H,5-7H2,1H3. The van der Waals surface area contributed by atoms with E-state index in [4.69, 9.17) is 27.9 Å². The van der Waals surface area contributed by atoms with Gasteiger partial charge in [-0.25, -0.2) is 4.39 Å². The lowest BCUT2D eigenvalue weighted by Crippen LogP contribution is -2.51. The topological polar surface area (TPSA) is 29.5 Å². The van der Waals surface area contributed by atoms with Gasteiger partial charge in [0.05, 0.1) is 35.2 Å². The van der Waals surface area contributed by atoms with E-state index in [1.807, 2.05) is 6.92 Å². The number of hydrogen-bond acceptors (Lipinski definition) is 2. The average molecular weight is 306 g/mol. The molecule has 1 fully saturated rings. The molecule has 104 valence electrons. The Morgan fingerprint density at radius 1 is 1.58 bits per heavy atom. The lowest BCUT2D eigenvalue weighted by atomic mass is 10.1. The Labute approximate surface area is 121 Å². The number of halogens is 3. The number of benzene rings is 1. The van der Waals surface area contributed by atoms with E-state index in [9.17, 15) is 9.18 Å². The molecule has 2 atom stereocenters. The molecule has 1 aliphatic heterocycles. The highest BCUT2D eigenvalue weighted by Gasteiger charge is 2.30. The van der Waals surface area contributed by atoms with Gasteiger partial charge in [0.15, 0.2) is 0 Å². The van der Waals surface area contributed by atoms with Crippen LogP contribution >= 0.6 is 23.2 Å². The fraction of sp³-hybridized carbons (Fsp3) is 0.462. The third-order valence-corrected chi connectivity index (χ3v) is 3.76. The number of rotatable bonds is 2. The Morgan fingerprint density at radius 3 is 2.95 bits per heavy atom. The van der Waals surface area contributed by atoms with Gasteiger partial charge in [-0.1, -0.05) is 11.6 Å². The van der Waals surface area contributed by atoms with Crippen LogP contribution in [-0.2, 0) is 4.74 Å². The number of hydrogen-bond donors (Lipinski definition) is 0. The first-order valence-electron chi connectivity index (χ1n) is 5.96. The third-order valence-electron chi connectivity index (χ3n) is 3.10. The minimum absolute atomic E-state index is 0.0620. The number of nitrogens with zero attached hydrogens (tertiary/aromatic N) is 1. The quantitative estimate of drug-likeness (QED) is 0.786. The zero-order valence-corrected chi connectivity index (χ0v) is 11.9. The van der Waals surface area contributed by atoms with Crippen molar-refractivity contribution in [2.75, 3.05) is 19.0 Å². The number of morpholine rings is 1. The van der Waals surface area contributed by atoms with Crippen LogP contribution in [0.1, 0.15) is 17.3 Å². The summed E-state index contributed by atoms with van der Waals surface area (Å²) in [5.74, 6) is -0.362.